The standard InChI is InChI=1S/C25H33Cl2N3O4S/c1-6-18(4)28-25(32)23(7-2)30(15-19-10-13-21(26)22(27)14-19)24(31)16-29(5)35(33,34)20-11-8-17(3)9-12-20/h8-14,18,23H,6-7,15-16H2,1-5H3,(H,28,32)/t18-,23+/m0/s1. The molecule has 0 bridgehead atoms. The summed E-state index contributed by atoms with van der Waals surface area (Å²) in [5.41, 5.74) is 1.60. The number of rotatable bonds is 11. The first-order chi connectivity index (χ1) is 16.4. The lowest BCUT2D eigenvalue weighted by molar-refractivity contribution is -0.141. The summed E-state index contributed by atoms with van der Waals surface area (Å²) in [7, 11) is -2.55. The van der Waals surface area contributed by atoms with Gasteiger partial charge in [0.25, 0.3) is 0 Å². The maximum absolute atomic E-state index is 13.5. The molecule has 2 amide bonds. The topological polar surface area (TPSA) is 86.8 Å². The summed E-state index contributed by atoms with van der Waals surface area (Å²) in [5, 5.41) is 3.63. The highest BCUT2D eigenvalue weighted by Crippen LogP contribution is 2.24. The van der Waals surface area contributed by atoms with Crippen molar-refractivity contribution in [2.75, 3.05) is 13.6 Å². The predicted molar refractivity (Wildman–Crippen MR) is 140 cm³/mol. The molecule has 192 valence electrons. The molecule has 2 aromatic carbocycles. The van der Waals surface area contributed by atoms with E-state index >= 15 is 0 Å². The van der Waals surface area contributed by atoms with Gasteiger partial charge in [0, 0.05) is 19.6 Å². The molecule has 0 heterocycles. The van der Waals surface area contributed by atoms with Crippen LogP contribution in [0.4, 0.5) is 0 Å². The summed E-state index contributed by atoms with van der Waals surface area (Å²) in [6, 6.07) is 10.5. The van der Waals surface area contributed by atoms with E-state index in [9.17, 15) is 18.0 Å². The van der Waals surface area contributed by atoms with E-state index in [1.807, 2.05) is 27.7 Å². The zero-order chi connectivity index (χ0) is 26.3. The van der Waals surface area contributed by atoms with E-state index in [1.54, 1.807) is 30.3 Å². The summed E-state index contributed by atoms with van der Waals surface area (Å²) >= 11 is 12.2. The first kappa shape index (κ1) is 29.1. The van der Waals surface area contributed by atoms with Crippen LogP contribution in [-0.2, 0) is 26.2 Å². The number of benzene rings is 2. The monoisotopic (exact) mass is 541 g/mol. The molecular formula is C25H33Cl2N3O4S. The van der Waals surface area contributed by atoms with Gasteiger partial charge in [-0.15, -0.1) is 0 Å². The summed E-state index contributed by atoms with van der Waals surface area (Å²) in [6.45, 7) is 7.15. The fraction of sp³-hybridized carbons (Fsp3) is 0.440. The molecule has 0 aliphatic heterocycles. The Morgan fingerprint density at radius 3 is 2.17 bits per heavy atom. The minimum Gasteiger partial charge on any atom is -0.352 e. The first-order valence-electron chi connectivity index (χ1n) is 11.5. The molecule has 0 saturated heterocycles. The van der Waals surface area contributed by atoms with Gasteiger partial charge in [-0.2, -0.15) is 4.31 Å². The molecule has 0 spiro atoms. The molecule has 0 aromatic heterocycles. The predicted octanol–water partition coefficient (Wildman–Crippen LogP) is 4.64. The van der Waals surface area contributed by atoms with Gasteiger partial charge in [0.1, 0.15) is 6.04 Å². The van der Waals surface area contributed by atoms with Gasteiger partial charge >= 0.3 is 0 Å². The molecular weight excluding hydrogens is 509 g/mol. The first-order valence-corrected chi connectivity index (χ1v) is 13.7. The van der Waals surface area contributed by atoms with Crippen LogP contribution in [0.1, 0.15) is 44.7 Å². The third kappa shape index (κ3) is 7.67. The van der Waals surface area contributed by atoms with Crippen molar-refractivity contribution in [3.8, 4) is 0 Å². The van der Waals surface area contributed by atoms with Crippen molar-refractivity contribution in [1.82, 2.24) is 14.5 Å². The molecule has 2 atom stereocenters. The molecule has 0 saturated carbocycles. The normalized spacial score (nSPS) is 13.4. The van der Waals surface area contributed by atoms with Crippen molar-refractivity contribution in [3.63, 3.8) is 0 Å². The molecule has 0 unspecified atom stereocenters. The Morgan fingerprint density at radius 1 is 1.00 bits per heavy atom. The third-order valence-electron chi connectivity index (χ3n) is 5.81. The van der Waals surface area contributed by atoms with Gasteiger partial charge in [-0.25, -0.2) is 8.42 Å². The van der Waals surface area contributed by atoms with Crippen LogP contribution in [0.25, 0.3) is 0 Å². The second-order valence-corrected chi connectivity index (χ2v) is 11.4. The average molecular weight is 543 g/mol. The van der Waals surface area contributed by atoms with Crippen LogP contribution in [0.15, 0.2) is 47.4 Å². The van der Waals surface area contributed by atoms with E-state index in [4.69, 9.17) is 23.2 Å². The second kappa shape index (κ2) is 12.7. The highest BCUT2D eigenvalue weighted by molar-refractivity contribution is 7.89. The SMILES string of the molecule is CC[C@H](C(=O)N[C@@H](C)CC)N(Cc1ccc(Cl)c(Cl)c1)C(=O)CN(C)S(=O)(=O)c1ccc(C)cc1. The van der Waals surface area contributed by atoms with Crippen LogP contribution in [0.2, 0.25) is 10.0 Å². The van der Waals surface area contributed by atoms with Crippen LogP contribution >= 0.6 is 23.2 Å². The molecule has 0 radical (unpaired) electrons. The lowest BCUT2D eigenvalue weighted by Crippen LogP contribution is -2.53. The highest BCUT2D eigenvalue weighted by Gasteiger charge is 2.32. The smallest absolute Gasteiger partial charge is 0.243 e. The van der Waals surface area contributed by atoms with Crippen molar-refractivity contribution in [2.24, 2.45) is 0 Å². The van der Waals surface area contributed by atoms with Crippen molar-refractivity contribution in [3.05, 3.63) is 63.6 Å². The molecule has 1 N–H and O–H groups in total. The Labute approximate surface area is 218 Å². The fourth-order valence-electron chi connectivity index (χ4n) is 3.45. The summed E-state index contributed by atoms with van der Waals surface area (Å²) in [6.07, 6.45) is 1.09. The molecule has 2 rings (SSSR count). The van der Waals surface area contributed by atoms with Crippen molar-refractivity contribution < 1.29 is 18.0 Å². The number of likely N-dealkylation sites (N-methyl/N-ethyl adjacent to an activating group) is 1. The number of carbonyl (C=O) groups excluding carboxylic acids is 2. The number of nitrogens with one attached hydrogen (secondary N) is 1. The van der Waals surface area contributed by atoms with Crippen LogP contribution in [0, 0.1) is 6.92 Å². The maximum Gasteiger partial charge on any atom is 0.243 e. The quantitative estimate of drug-likeness (QED) is 0.448. The second-order valence-electron chi connectivity index (χ2n) is 8.59. The van der Waals surface area contributed by atoms with Crippen LogP contribution < -0.4 is 5.32 Å². The largest absolute Gasteiger partial charge is 0.352 e. The minimum absolute atomic E-state index is 0.0666. The number of hydrogen-bond acceptors (Lipinski definition) is 4. The van der Waals surface area contributed by atoms with Gasteiger partial charge < -0.3 is 10.2 Å². The van der Waals surface area contributed by atoms with E-state index in [-0.39, 0.29) is 23.4 Å². The Kier molecular flexibility index (Phi) is 10.6. The fourth-order valence-corrected chi connectivity index (χ4v) is 4.89. The highest BCUT2D eigenvalue weighted by atomic mass is 35.5. The zero-order valence-corrected chi connectivity index (χ0v) is 23.0. The average Bonchev–Trinajstić information content (AvgIpc) is 2.81. The number of aryl methyl sites for hydroxylation is 1. The van der Waals surface area contributed by atoms with E-state index in [0.717, 1.165) is 16.3 Å². The van der Waals surface area contributed by atoms with E-state index < -0.39 is 28.5 Å². The number of nitrogens with zero attached hydrogens (tertiary/aromatic N) is 2. The molecule has 10 heteroatoms. The number of amides is 2. The molecule has 0 aliphatic carbocycles. The third-order valence-corrected chi connectivity index (χ3v) is 8.37. The Morgan fingerprint density at radius 2 is 1.63 bits per heavy atom. The van der Waals surface area contributed by atoms with Crippen molar-refractivity contribution in [1.29, 1.82) is 0 Å². The minimum atomic E-state index is -3.90. The molecule has 0 fully saturated rings. The van der Waals surface area contributed by atoms with E-state index in [0.29, 0.717) is 22.0 Å². The van der Waals surface area contributed by atoms with Crippen LogP contribution in [0.3, 0.4) is 0 Å². The van der Waals surface area contributed by atoms with Gasteiger partial charge in [0.15, 0.2) is 0 Å². The number of hydrogen-bond donors (Lipinski definition) is 1. The van der Waals surface area contributed by atoms with E-state index in [2.05, 4.69) is 5.32 Å². The van der Waals surface area contributed by atoms with Crippen molar-refractivity contribution in [2.45, 2.75) is 64.1 Å². The van der Waals surface area contributed by atoms with Gasteiger partial charge in [-0.1, -0.05) is 60.8 Å². The van der Waals surface area contributed by atoms with Crippen molar-refractivity contribution >= 4 is 45.0 Å². The van der Waals surface area contributed by atoms with Crippen LogP contribution in [0.5, 0.6) is 0 Å². The van der Waals surface area contributed by atoms with Gasteiger partial charge in [0.05, 0.1) is 21.5 Å². The van der Waals surface area contributed by atoms with Crippen LogP contribution in [-0.4, -0.2) is 55.1 Å². The number of carbonyl (C=O) groups is 2. The van der Waals surface area contributed by atoms with Gasteiger partial charge in [0.2, 0.25) is 21.8 Å². The lowest BCUT2D eigenvalue weighted by Gasteiger charge is -2.32. The molecule has 2 aromatic rings. The van der Waals surface area contributed by atoms with Gasteiger partial charge in [-0.3, -0.25) is 9.59 Å². The van der Waals surface area contributed by atoms with E-state index in [1.165, 1.54) is 24.1 Å². The summed E-state index contributed by atoms with van der Waals surface area (Å²) < 4.78 is 27.1. The summed E-state index contributed by atoms with van der Waals surface area (Å²) in [4.78, 5) is 28.0. The number of sulfonamides is 1. The zero-order valence-electron chi connectivity index (χ0n) is 20.7. The molecule has 35 heavy (non-hydrogen) atoms. The molecule has 7 nitrogen and oxygen atoms in total. The maximum atomic E-state index is 13.5. The summed E-state index contributed by atoms with van der Waals surface area (Å²) in [5.74, 6) is -0.792. The number of halogens is 2. The van der Waals surface area contributed by atoms with Gasteiger partial charge in [-0.05, 0) is 56.5 Å². The Bertz CT molecular complexity index is 1140. The lowest BCUT2D eigenvalue weighted by atomic mass is 10.1. The Hall–Kier alpha value is -2.13. The molecule has 0 aliphatic rings. The Balaban J connectivity index is 2.35.